The van der Waals surface area contributed by atoms with Gasteiger partial charge in [0.25, 0.3) is 0 Å². The van der Waals surface area contributed by atoms with E-state index in [1.807, 2.05) is 0 Å². The summed E-state index contributed by atoms with van der Waals surface area (Å²) < 4.78 is 43.9. The molecule has 0 radical (unpaired) electrons. The summed E-state index contributed by atoms with van der Waals surface area (Å²) in [5, 5.41) is 0.160. The Morgan fingerprint density at radius 3 is 2.29 bits per heavy atom. The molecule has 0 atom stereocenters. The lowest BCUT2D eigenvalue weighted by Crippen LogP contribution is -2.14. The molecule has 2 aromatic rings. The van der Waals surface area contributed by atoms with Crippen molar-refractivity contribution in [2.75, 3.05) is 7.11 Å². The molecule has 0 aliphatic heterocycles. The molecule has 0 bridgehead atoms. The molecule has 0 unspecified atom stereocenters. The Kier molecular flexibility index (Phi) is 4.23. The number of benzene rings is 2. The highest BCUT2D eigenvalue weighted by Crippen LogP contribution is 2.35. The van der Waals surface area contributed by atoms with E-state index in [2.05, 4.69) is 0 Å². The SMILES string of the molecule is COc1c(Cl)cccc1C(=O)c1ccccc1C(F)(F)F. The Hall–Kier alpha value is -2.01. The van der Waals surface area contributed by atoms with Crippen LogP contribution in [0.25, 0.3) is 0 Å². The molecule has 2 nitrogen and oxygen atoms in total. The van der Waals surface area contributed by atoms with Gasteiger partial charge in [-0.05, 0) is 18.2 Å². The zero-order valence-corrected chi connectivity index (χ0v) is 11.6. The summed E-state index contributed by atoms with van der Waals surface area (Å²) in [6.45, 7) is 0. The van der Waals surface area contributed by atoms with E-state index in [-0.39, 0.29) is 16.3 Å². The van der Waals surface area contributed by atoms with Gasteiger partial charge in [-0.25, -0.2) is 0 Å². The maximum atomic E-state index is 13.0. The Balaban J connectivity index is 2.59. The van der Waals surface area contributed by atoms with Gasteiger partial charge in [0, 0.05) is 5.56 Å². The number of rotatable bonds is 3. The standard InChI is InChI=1S/C15H10ClF3O2/c1-21-14-10(6-4-8-12(14)16)13(20)9-5-2-3-7-11(9)15(17,18)19/h2-8H,1H3. The fourth-order valence-corrected chi connectivity index (χ4v) is 2.22. The van der Waals surface area contributed by atoms with E-state index in [9.17, 15) is 18.0 Å². The molecule has 0 saturated heterocycles. The minimum atomic E-state index is -4.61. The lowest BCUT2D eigenvalue weighted by molar-refractivity contribution is -0.137. The molecule has 0 aliphatic rings. The van der Waals surface area contributed by atoms with Crippen LogP contribution >= 0.6 is 11.6 Å². The van der Waals surface area contributed by atoms with Gasteiger partial charge in [-0.2, -0.15) is 13.2 Å². The van der Waals surface area contributed by atoms with Crippen molar-refractivity contribution in [1.82, 2.24) is 0 Å². The van der Waals surface area contributed by atoms with Gasteiger partial charge in [0.2, 0.25) is 0 Å². The summed E-state index contributed by atoms with van der Waals surface area (Å²) in [6, 6.07) is 8.95. The lowest BCUT2D eigenvalue weighted by atomic mass is 9.97. The maximum absolute atomic E-state index is 13.0. The highest BCUT2D eigenvalue weighted by molar-refractivity contribution is 6.33. The first-order chi connectivity index (χ1) is 9.86. The molecule has 0 aliphatic carbocycles. The van der Waals surface area contributed by atoms with Crippen molar-refractivity contribution >= 4 is 17.4 Å². The van der Waals surface area contributed by atoms with Gasteiger partial charge in [-0.1, -0.05) is 35.9 Å². The van der Waals surface area contributed by atoms with Crippen molar-refractivity contribution in [2.24, 2.45) is 0 Å². The molecule has 0 spiro atoms. The Bertz CT molecular complexity index is 681. The van der Waals surface area contributed by atoms with Crippen molar-refractivity contribution in [3.05, 3.63) is 64.2 Å². The largest absolute Gasteiger partial charge is 0.494 e. The van der Waals surface area contributed by atoms with Crippen LogP contribution in [0.3, 0.4) is 0 Å². The molecular formula is C15H10ClF3O2. The highest BCUT2D eigenvalue weighted by atomic mass is 35.5. The van der Waals surface area contributed by atoms with Crippen molar-refractivity contribution in [1.29, 1.82) is 0 Å². The second kappa shape index (κ2) is 5.77. The van der Waals surface area contributed by atoms with Gasteiger partial charge in [-0.15, -0.1) is 0 Å². The van der Waals surface area contributed by atoms with Gasteiger partial charge >= 0.3 is 6.18 Å². The zero-order valence-electron chi connectivity index (χ0n) is 10.9. The van der Waals surface area contributed by atoms with E-state index >= 15 is 0 Å². The number of carbonyl (C=O) groups is 1. The fourth-order valence-electron chi connectivity index (χ4n) is 1.97. The average molecular weight is 315 g/mol. The van der Waals surface area contributed by atoms with Crippen LogP contribution in [0, 0.1) is 0 Å². The molecule has 0 saturated carbocycles. The van der Waals surface area contributed by atoms with Crippen LogP contribution in [-0.2, 0) is 6.18 Å². The zero-order chi connectivity index (χ0) is 15.6. The summed E-state index contributed by atoms with van der Waals surface area (Å²) in [4.78, 5) is 12.4. The van der Waals surface area contributed by atoms with Gasteiger partial charge < -0.3 is 4.74 Å². The number of halogens is 4. The van der Waals surface area contributed by atoms with Crippen molar-refractivity contribution in [3.8, 4) is 5.75 Å². The topological polar surface area (TPSA) is 26.3 Å². The van der Waals surface area contributed by atoms with Crippen LogP contribution in [0.1, 0.15) is 21.5 Å². The lowest BCUT2D eigenvalue weighted by Gasteiger charge is -2.14. The van der Waals surface area contributed by atoms with Crippen LogP contribution in [0.15, 0.2) is 42.5 Å². The highest BCUT2D eigenvalue weighted by Gasteiger charge is 2.35. The molecule has 21 heavy (non-hydrogen) atoms. The second-order valence-electron chi connectivity index (χ2n) is 4.19. The molecule has 0 fully saturated rings. The first-order valence-electron chi connectivity index (χ1n) is 5.89. The number of alkyl halides is 3. The third-order valence-corrected chi connectivity index (χ3v) is 3.19. The minimum Gasteiger partial charge on any atom is -0.494 e. The van der Waals surface area contributed by atoms with E-state index in [4.69, 9.17) is 16.3 Å². The van der Waals surface area contributed by atoms with E-state index in [0.29, 0.717) is 0 Å². The van der Waals surface area contributed by atoms with Crippen LogP contribution in [-0.4, -0.2) is 12.9 Å². The predicted octanol–water partition coefficient (Wildman–Crippen LogP) is 4.60. The fraction of sp³-hybridized carbons (Fsp3) is 0.133. The van der Waals surface area contributed by atoms with Gasteiger partial charge in [0.1, 0.15) is 5.75 Å². The normalized spacial score (nSPS) is 11.3. The quantitative estimate of drug-likeness (QED) is 0.774. The van der Waals surface area contributed by atoms with Crippen molar-refractivity contribution < 1.29 is 22.7 Å². The third kappa shape index (κ3) is 3.03. The molecule has 6 heteroatoms. The van der Waals surface area contributed by atoms with E-state index in [1.165, 1.54) is 37.4 Å². The first-order valence-corrected chi connectivity index (χ1v) is 6.27. The Labute approximate surface area is 124 Å². The smallest absolute Gasteiger partial charge is 0.417 e. The van der Waals surface area contributed by atoms with Gasteiger partial charge in [0.05, 0.1) is 23.3 Å². The summed E-state index contributed by atoms with van der Waals surface area (Å²) in [5.41, 5.74) is -1.44. The summed E-state index contributed by atoms with van der Waals surface area (Å²) >= 11 is 5.89. The summed E-state index contributed by atoms with van der Waals surface area (Å²) in [7, 11) is 1.30. The maximum Gasteiger partial charge on any atom is 0.417 e. The molecular weight excluding hydrogens is 305 g/mol. The second-order valence-corrected chi connectivity index (χ2v) is 4.60. The Morgan fingerprint density at radius 1 is 1.05 bits per heavy atom. The number of ether oxygens (including phenoxy) is 1. The number of hydrogen-bond acceptors (Lipinski definition) is 2. The molecule has 0 aromatic heterocycles. The summed E-state index contributed by atoms with van der Waals surface area (Å²) in [6.07, 6.45) is -4.61. The van der Waals surface area contributed by atoms with Gasteiger partial charge in [-0.3, -0.25) is 4.79 Å². The summed E-state index contributed by atoms with van der Waals surface area (Å²) in [5.74, 6) is -0.733. The van der Waals surface area contributed by atoms with E-state index in [1.54, 1.807) is 0 Å². The first kappa shape index (κ1) is 15.4. The third-order valence-electron chi connectivity index (χ3n) is 2.89. The number of carbonyl (C=O) groups excluding carboxylic acids is 1. The number of para-hydroxylation sites is 1. The molecule has 2 aromatic carbocycles. The molecule has 0 heterocycles. The number of ketones is 1. The van der Waals surface area contributed by atoms with E-state index < -0.39 is 23.1 Å². The van der Waals surface area contributed by atoms with Crippen LogP contribution in [0.5, 0.6) is 5.75 Å². The van der Waals surface area contributed by atoms with Crippen LogP contribution in [0.2, 0.25) is 5.02 Å². The van der Waals surface area contributed by atoms with Crippen molar-refractivity contribution in [3.63, 3.8) is 0 Å². The number of hydrogen-bond donors (Lipinski definition) is 0. The average Bonchev–Trinajstić information content (AvgIpc) is 2.45. The molecule has 0 N–H and O–H groups in total. The van der Waals surface area contributed by atoms with Gasteiger partial charge in [0.15, 0.2) is 5.78 Å². The van der Waals surface area contributed by atoms with Crippen LogP contribution < -0.4 is 4.74 Å². The predicted molar refractivity (Wildman–Crippen MR) is 72.9 cm³/mol. The van der Waals surface area contributed by atoms with Crippen molar-refractivity contribution in [2.45, 2.75) is 6.18 Å². The Morgan fingerprint density at radius 2 is 1.67 bits per heavy atom. The molecule has 110 valence electrons. The molecule has 2 rings (SSSR count). The van der Waals surface area contributed by atoms with Crippen LogP contribution in [0.4, 0.5) is 13.2 Å². The number of methoxy groups -OCH3 is 1. The van der Waals surface area contributed by atoms with E-state index in [0.717, 1.165) is 12.1 Å². The minimum absolute atomic E-state index is 0.0123. The molecule has 0 amide bonds. The monoisotopic (exact) mass is 314 g/mol.